The average Bonchev–Trinajstić information content (AvgIpc) is 2.84. The lowest BCUT2D eigenvalue weighted by Gasteiger charge is -2.28. The van der Waals surface area contributed by atoms with Crippen LogP contribution < -0.4 is 16.0 Å². The second-order valence-corrected chi connectivity index (χ2v) is 8.99. The van der Waals surface area contributed by atoms with Gasteiger partial charge in [-0.25, -0.2) is 0 Å². The van der Waals surface area contributed by atoms with Crippen LogP contribution in [0.1, 0.15) is 17.9 Å². The highest BCUT2D eigenvalue weighted by molar-refractivity contribution is 8.03. The topological polar surface area (TPSA) is 87.3 Å². The molecule has 3 N–H and O–H groups in total. The van der Waals surface area contributed by atoms with Crippen molar-refractivity contribution in [2.75, 3.05) is 16.4 Å². The van der Waals surface area contributed by atoms with E-state index in [1.54, 1.807) is 36.4 Å². The van der Waals surface area contributed by atoms with E-state index in [1.807, 2.05) is 48.5 Å². The number of hydrogen-bond acceptors (Lipinski definition) is 4. The van der Waals surface area contributed by atoms with Crippen molar-refractivity contribution in [3.63, 3.8) is 0 Å². The van der Waals surface area contributed by atoms with E-state index in [0.29, 0.717) is 32.6 Å². The Hall–Kier alpha value is -3.55. The summed E-state index contributed by atoms with van der Waals surface area (Å²) in [7, 11) is 0. The molecule has 6 nitrogen and oxygen atoms in total. The largest absolute Gasteiger partial charge is 0.325 e. The number of rotatable bonds is 7. The minimum Gasteiger partial charge on any atom is -0.325 e. The van der Waals surface area contributed by atoms with Crippen LogP contribution in [-0.4, -0.2) is 23.5 Å². The van der Waals surface area contributed by atoms with Gasteiger partial charge < -0.3 is 16.0 Å². The first-order valence-electron chi connectivity index (χ1n) is 10.6. The minimum atomic E-state index is -0.550. The van der Waals surface area contributed by atoms with Gasteiger partial charge in [-0.3, -0.25) is 14.4 Å². The lowest BCUT2D eigenvalue weighted by Crippen LogP contribution is -2.36. The number of carbonyl (C=O) groups excluding carboxylic acids is 3. The molecule has 8 heteroatoms. The molecule has 34 heavy (non-hydrogen) atoms. The van der Waals surface area contributed by atoms with Crippen LogP contribution in [0, 0.1) is 0 Å². The van der Waals surface area contributed by atoms with Crippen LogP contribution in [0.15, 0.2) is 95.5 Å². The van der Waals surface area contributed by atoms with Gasteiger partial charge in [0.05, 0.1) is 16.4 Å². The van der Waals surface area contributed by atoms with Crippen LogP contribution in [0.5, 0.6) is 0 Å². The number of anilines is 2. The van der Waals surface area contributed by atoms with Crippen LogP contribution in [0.4, 0.5) is 11.4 Å². The van der Waals surface area contributed by atoms with Gasteiger partial charge in [0.15, 0.2) is 0 Å². The molecule has 1 atom stereocenters. The Bertz CT molecular complexity index is 1230. The van der Waals surface area contributed by atoms with E-state index in [0.717, 1.165) is 11.8 Å². The Balaban J connectivity index is 1.64. The number of thioether (sulfide) groups is 1. The zero-order chi connectivity index (χ0) is 23.9. The molecule has 3 amide bonds. The van der Waals surface area contributed by atoms with Gasteiger partial charge >= 0.3 is 0 Å². The zero-order valence-corrected chi connectivity index (χ0v) is 19.7. The quantitative estimate of drug-likeness (QED) is 0.425. The lowest BCUT2D eigenvalue weighted by atomic mass is 9.86. The van der Waals surface area contributed by atoms with Crippen molar-refractivity contribution in [1.82, 2.24) is 5.32 Å². The molecule has 3 aromatic carbocycles. The minimum absolute atomic E-state index is 0.0157. The van der Waals surface area contributed by atoms with E-state index in [9.17, 15) is 14.4 Å². The Morgan fingerprint density at radius 3 is 2.12 bits per heavy atom. The fourth-order valence-electron chi connectivity index (χ4n) is 3.67. The number of nitrogens with one attached hydrogen (secondary N) is 3. The van der Waals surface area contributed by atoms with E-state index in [-0.39, 0.29) is 29.9 Å². The summed E-state index contributed by atoms with van der Waals surface area (Å²) in [5, 5.41) is 9.32. The van der Waals surface area contributed by atoms with Gasteiger partial charge in [-0.2, -0.15) is 0 Å². The molecular formula is C26H22ClN3O3S. The maximum Gasteiger partial charge on any atom is 0.254 e. The molecule has 0 saturated heterocycles. The van der Waals surface area contributed by atoms with Crippen molar-refractivity contribution in [2.45, 2.75) is 12.3 Å². The highest BCUT2D eigenvalue weighted by Crippen LogP contribution is 2.39. The van der Waals surface area contributed by atoms with Crippen LogP contribution >= 0.6 is 23.4 Å². The van der Waals surface area contributed by atoms with E-state index >= 15 is 0 Å². The molecular weight excluding hydrogens is 470 g/mol. The molecule has 4 rings (SSSR count). The summed E-state index contributed by atoms with van der Waals surface area (Å²) in [6, 6.07) is 25.3. The first-order valence-corrected chi connectivity index (χ1v) is 12.0. The SMILES string of the molecule is O=C1C[C@@H](c2ccccc2Cl)C(C(=O)Nc2ccccc2)=C(SCC(=O)Nc2ccccc2)N1. The molecule has 0 saturated carbocycles. The van der Waals surface area contributed by atoms with E-state index < -0.39 is 5.92 Å². The van der Waals surface area contributed by atoms with Crippen molar-refractivity contribution >= 4 is 52.5 Å². The molecule has 3 aromatic rings. The third-order valence-electron chi connectivity index (χ3n) is 5.20. The maximum absolute atomic E-state index is 13.4. The van der Waals surface area contributed by atoms with Crippen LogP contribution in [0.2, 0.25) is 5.02 Å². The Labute approximate surface area is 206 Å². The Morgan fingerprint density at radius 2 is 1.47 bits per heavy atom. The lowest BCUT2D eigenvalue weighted by molar-refractivity contribution is -0.121. The Kier molecular flexibility index (Phi) is 7.67. The molecule has 0 aromatic heterocycles. The molecule has 1 aliphatic heterocycles. The number of halogens is 1. The highest BCUT2D eigenvalue weighted by atomic mass is 35.5. The van der Waals surface area contributed by atoms with Gasteiger partial charge in [0.25, 0.3) is 5.91 Å². The van der Waals surface area contributed by atoms with E-state index in [2.05, 4.69) is 16.0 Å². The summed E-state index contributed by atoms with van der Waals surface area (Å²) in [5.41, 5.74) is 2.35. The number of benzene rings is 3. The predicted octanol–water partition coefficient (Wildman–Crippen LogP) is 5.17. The summed E-state index contributed by atoms with van der Waals surface area (Å²) >= 11 is 7.56. The van der Waals surface area contributed by atoms with Crippen molar-refractivity contribution in [1.29, 1.82) is 0 Å². The number of carbonyl (C=O) groups is 3. The molecule has 0 bridgehead atoms. The zero-order valence-electron chi connectivity index (χ0n) is 18.1. The predicted molar refractivity (Wildman–Crippen MR) is 137 cm³/mol. The second-order valence-electron chi connectivity index (χ2n) is 7.59. The fourth-order valence-corrected chi connectivity index (χ4v) is 4.86. The van der Waals surface area contributed by atoms with Gasteiger partial charge in [-0.05, 0) is 35.9 Å². The fraction of sp³-hybridized carbons (Fsp3) is 0.115. The standard InChI is InChI=1S/C26H22ClN3O3S/c27-21-14-8-7-13-19(21)20-15-22(31)30-26(24(20)25(33)29-18-11-5-2-6-12-18)34-16-23(32)28-17-9-3-1-4-10-17/h1-14,20H,15-16H2,(H,28,32)(H,29,33)(H,30,31)/t20-/m0/s1. The number of hydrogen-bond donors (Lipinski definition) is 3. The first-order chi connectivity index (χ1) is 16.5. The van der Waals surface area contributed by atoms with Crippen molar-refractivity contribution < 1.29 is 14.4 Å². The monoisotopic (exact) mass is 491 g/mol. The number of para-hydroxylation sites is 2. The van der Waals surface area contributed by atoms with Crippen LogP contribution in [0.25, 0.3) is 0 Å². The van der Waals surface area contributed by atoms with Crippen molar-refractivity contribution in [3.8, 4) is 0 Å². The van der Waals surface area contributed by atoms with Crippen LogP contribution in [-0.2, 0) is 14.4 Å². The van der Waals surface area contributed by atoms with E-state index in [1.165, 1.54) is 0 Å². The highest BCUT2D eigenvalue weighted by Gasteiger charge is 2.35. The van der Waals surface area contributed by atoms with Gasteiger partial charge in [0.2, 0.25) is 11.8 Å². The molecule has 1 heterocycles. The third-order valence-corrected chi connectivity index (χ3v) is 6.56. The maximum atomic E-state index is 13.4. The molecule has 0 aliphatic carbocycles. The smallest absolute Gasteiger partial charge is 0.254 e. The van der Waals surface area contributed by atoms with Gasteiger partial charge in [-0.15, -0.1) is 0 Å². The van der Waals surface area contributed by atoms with Crippen molar-refractivity contribution in [3.05, 3.63) is 106 Å². The first kappa shape index (κ1) is 23.6. The summed E-state index contributed by atoms with van der Waals surface area (Å²) in [4.78, 5) is 38.6. The van der Waals surface area contributed by atoms with E-state index in [4.69, 9.17) is 11.6 Å². The molecule has 1 aliphatic rings. The summed E-state index contributed by atoms with van der Waals surface area (Å²) in [6.07, 6.45) is 0.0710. The summed E-state index contributed by atoms with van der Waals surface area (Å²) in [6.45, 7) is 0. The van der Waals surface area contributed by atoms with Gasteiger partial charge in [0.1, 0.15) is 0 Å². The van der Waals surface area contributed by atoms with Crippen LogP contribution in [0.3, 0.4) is 0 Å². The number of amides is 3. The molecule has 0 unspecified atom stereocenters. The third kappa shape index (κ3) is 5.87. The molecule has 0 fully saturated rings. The average molecular weight is 492 g/mol. The normalized spacial score (nSPS) is 15.4. The Morgan fingerprint density at radius 1 is 0.882 bits per heavy atom. The molecule has 0 radical (unpaired) electrons. The summed E-state index contributed by atoms with van der Waals surface area (Å²) < 4.78 is 0. The van der Waals surface area contributed by atoms with Gasteiger partial charge in [0, 0.05) is 28.7 Å². The second kappa shape index (κ2) is 11.0. The van der Waals surface area contributed by atoms with Crippen molar-refractivity contribution in [2.24, 2.45) is 0 Å². The summed E-state index contributed by atoms with van der Waals surface area (Å²) in [5.74, 6) is -1.39. The molecule has 172 valence electrons. The molecule has 0 spiro atoms. The van der Waals surface area contributed by atoms with Gasteiger partial charge in [-0.1, -0.05) is 78.0 Å².